The Morgan fingerprint density at radius 2 is 2.04 bits per heavy atom. The van der Waals surface area contributed by atoms with Gasteiger partial charge >= 0.3 is 0 Å². The van der Waals surface area contributed by atoms with Gasteiger partial charge < -0.3 is 10.7 Å². The quantitative estimate of drug-likeness (QED) is 0.417. The number of para-hydroxylation sites is 1. The average molecular weight is 385 g/mol. The Bertz CT molecular complexity index is 1210. The minimum atomic E-state index is -0.485. The molecule has 0 aliphatic heterocycles. The number of primary amides is 1. The first-order chi connectivity index (χ1) is 12.5. The van der Waals surface area contributed by atoms with Crippen molar-refractivity contribution in [1.82, 2.24) is 14.5 Å². The number of benzene rings is 2. The Morgan fingerprint density at radius 3 is 2.81 bits per heavy atom. The van der Waals surface area contributed by atoms with E-state index >= 15 is 0 Å². The number of nitrogens with two attached hydrogens (primary N) is 1. The predicted octanol–water partition coefficient (Wildman–Crippen LogP) is 3.10. The van der Waals surface area contributed by atoms with Crippen LogP contribution in [0.1, 0.15) is 0 Å². The molecule has 0 bridgehead atoms. The molecule has 130 valence electrons. The van der Waals surface area contributed by atoms with Gasteiger partial charge in [0.25, 0.3) is 5.56 Å². The van der Waals surface area contributed by atoms with Crippen LogP contribution in [0.4, 0.5) is 0 Å². The summed E-state index contributed by atoms with van der Waals surface area (Å²) in [6.45, 7) is 0. The SMILES string of the molecule is NC(=O)CSc1nc2c([nH]c3ccccc32)c(=O)n1-c1cccc(Cl)c1. The number of fused-ring (bicyclic) bond motifs is 3. The third kappa shape index (κ3) is 2.85. The first-order valence-electron chi connectivity index (χ1n) is 7.75. The zero-order valence-electron chi connectivity index (χ0n) is 13.4. The summed E-state index contributed by atoms with van der Waals surface area (Å²) in [5, 5.41) is 1.73. The molecule has 0 radical (unpaired) electrons. The molecule has 2 aromatic heterocycles. The summed E-state index contributed by atoms with van der Waals surface area (Å²) in [7, 11) is 0. The summed E-state index contributed by atoms with van der Waals surface area (Å²) in [4.78, 5) is 32.2. The van der Waals surface area contributed by atoms with E-state index in [4.69, 9.17) is 17.3 Å². The number of hydrogen-bond acceptors (Lipinski definition) is 4. The Hall–Kier alpha value is -2.77. The zero-order valence-corrected chi connectivity index (χ0v) is 15.0. The third-order valence-electron chi connectivity index (χ3n) is 3.90. The Kier molecular flexibility index (Phi) is 4.18. The molecule has 0 aliphatic carbocycles. The van der Waals surface area contributed by atoms with E-state index in [1.165, 1.54) is 4.57 Å². The summed E-state index contributed by atoms with van der Waals surface area (Å²) >= 11 is 7.20. The van der Waals surface area contributed by atoms with Gasteiger partial charge in [0.2, 0.25) is 5.91 Å². The van der Waals surface area contributed by atoms with Gasteiger partial charge in [-0.3, -0.25) is 14.2 Å². The minimum Gasteiger partial charge on any atom is -0.369 e. The molecule has 3 N–H and O–H groups in total. The van der Waals surface area contributed by atoms with Crippen molar-refractivity contribution in [2.75, 3.05) is 5.75 Å². The number of H-pyrrole nitrogens is 1. The molecule has 26 heavy (non-hydrogen) atoms. The number of amides is 1. The molecule has 1 amide bonds. The van der Waals surface area contributed by atoms with Crippen LogP contribution in [0, 0.1) is 0 Å². The molecule has 4 aromatic rings. The highest BCUT2D eigenvalue weighted by Crippen LogP contribution is 2.26. The largest absolute Gasteiger partial charge is 0.369 e. The average Bonchev–Trinajstić information content (AvgIpc) is 2.99. The molecule has 2 aromatic carbocycles. The van der Waals surface area contributed by atoms with Crippen LogP contribution in [-0.2, 0) is 4.79 Å². The summed E-state index contributed by atoms with van der Waals surface area (Å²) in [5.74, 6) is -0.471. The summed E-state index contributed by atoms with van der Waals surface area (Å²) in [6, 6.07) is 14.5. The number of carbonyl (C=O) groups is 1. The van der Waals surface area contributed by atoms with Crippen molar-refractivity contribution in [3.63, 3.8) is 0 Å². The molecule has 0 atom stereocenters. The summed E-state index contributed by atoms with van der Waals surface area (Å²) in [6.07, 6.45) is 0. The van der Waals surface area contributed by atoms with Crippen LogP contribution in [0.2, 0.25) is 5.02 Å². The molecule has 2 heterocycles. The normalized spacial score (nSPS) is 11.3. The molecule has 0 fully saturated rings. The maximum Gasteiger partial charge on any atom is 0.283 e. The summed E-state index contributed by atoms with van der Waals surface area (Å²) < 4.78 is 1.44. The van der Waals surface area contributed by atoms with Gasteiger partial charge in [-0.05, 0) is 24.3 Å². The van der Waals surface area contributed by atoms with Crippen LogP contribution in [0.15, 0.2) is 58.5 Å². The van der Waals surface area contributed by atoms with E-state index in [9.17, 15) is 9.59 Å². The van der Waals surface area contributed by atoms with Crippen molar-refractivity contribution in [2.24, 2.45) is 5.73 Å². The molecular formula is C18H13ClN4O2S. The molecule has 8 heteroatoms. The van der Waals surface area contributed by atoms with Crippen LogP contribution in [0.3, 0.4) is 0 Å². The first-order valence-corrected chi connectivity index (χ1v) is 9.11. The van der Waals surface area contributed by atoms with E-state index in [0.29, 0.717) is 26.9 Å². The van der Waals surface area contributed by atoms with Gasteiger partial charge in [0, 0.05) is 15.9 Å². The van der Waals surface area contributed by atoms with E-state index in [1.54, 1.807) is 24.3 Å². The van der Waals surface area contributed by atoms with Gasteiger partial charge in [0.15, 0.2) is 5.16 Å². The monoisotopic (exact) mass is 384 g/mol. The number of rotatable bonds is 4. The van der Waals surface area contributed by atoms with Gasteiger partial charge in [-0.15, -0.1) is 0 Å². The second kappa shape index (κ2) is 6.51. The highest BCUT2D eigenvalue weighted by molar-refractivity contribution is 7.99. The van der Waals surface area contributed by atoms with Crippen molar-refractivity contribution in [1.29, 1.82) is 0 Å². The van der Waals surface area contributed by atoms with Crippen molar-refractivity contribution in [2.45, 2.75) is 5.16 Å². The number of aromatic nitrogens is 3. The second-order valence-electron chi connectivity index (χ2n) is 5.66. The minimum absolute atomic E-state index is 0.0147. The molecule has 4 rings (SSSR count). The van der Waals surface area contributed by atoms with E-state index in [1.807, 2.05) is 24.3 Å². The lowest BCUT2D eigenvalue weighted by molar-refractivity contribution is -0.115. The molecule has 0 unspecified atom stereocenters. The number of thioether (sulfide) groups is 1. The van der Waals surface area contributed by atoms with Crippen molar-refractivity contribution in [3.05, 3.63) is 63.9 Å². The smallest absolute Gasteiger partial charge is 0.283 e. The predicted molar refractivity (Wildman–Crippen MR) is 104 cm³/mol. The standard InChI is InChI=1S/C18H13ClN4O2S/c19-10-4-3-5-11(8-10)23-17(25)16-15(22-18(23)26-9-14(20)24)12-6-1-2-7-13(12)21-16/h1-8,21H,9H2,(H2,20,24). The molecule has 0 aliphatic rings. The summed E-state index contributed by atoms with van der Waals surface area (Å²) in [5.41, 5.74) is 7.36. The van der Waals surface area contributed by atoms with Crippen LogP contribution in [0.5, 0.6) is 0 Å². The lowest BCUT2D eigenvalue weighted by Crippen LogP contribution is -2.23. The molecule has 6 nitrogen and oxygen atoms in total. The Balaban J connectivity index is 2.05. The first kappa shape index (κ1) is 16.7. The third-order valence-corrected chi connectivity index (χ3v) is 5.10. The van der Waals surface area contributed by atoms with Gasteiger partial charge in [-0.25, -0.2) is 4.98 Å². The maximum absolute atomic E-state index is 13.2. The van der Waals surface area contributed by atoms with Crippen molar-refractivity contribution in [3.8, 4) is 5.69 Å². The number of nitrogens with one attached hydrogen (secondary N) is 1. The Morgan fingerprint density at radius 1 is 1.23 bits per heavy atom. The van der Waals surface area contributed by atoms with Crippen LogP contribution < -0.4 is 11.3 Å². The Labute approximate surface area is 157 Å². The molecule has 0 saturated carbocycles. The van der Waals surface area contributed by atoms with Crippen LogP contribution in [0.25, 0.3) is 27.6 Å². The highest BCUT2D eigenvalue weighted by atomic mass is 35.5. The number of halogens is 1. The highest BCUT2D eigenvalue weighted by Gasteiger charge is 2.17. The maximum atomic E-state index is 13.2. The fraction of sp³-hybridized carbons (Fsp3) is 0.0556. The van der Waals surface area contributed by atoms with Crippen LogP contribution in [-0.4, -0.2) is 26.2 Å². The van der Waals surface area contributed by atoms with Crippen LogP contribution >= 0.6 is 23.4 Å². The zero-order chi connectivity index (χ0) is 18.3. The van der Waals surface area contributed by atoms with Crippen molar-refractivity contribution < 1.29 is 4.79 Å². The number of hydrogen-bond donors (Lipinski definition) is 2. The fourth-order valence-corrected chi connectivity index (χ4v) is 3.75. The van der Waals surface area contributed by atoms with E-state index in [0.717, 1.165) is 22.7 Å². The van der Waals surface area contributed by atoms with Gasteiger partial charge in [0.1, 0.15) is 11.0 Å². The number of nitrogens with zero attached hydrogens (tertiary/aromatic N) is 2. The van der Waals surface area contributed by atoms with Gasteiger partial charge in [-0.2, -0.15) is 0 Å². The fourth-order valence-electron chi connectivity index (χ4n) is 2.82. The second-order valence-corrected chi connectivity index (χ2v) is 7.04. The van der Waals surface area contributed by atoms with E-state index < -0.39 is 5.91 Å². The molecular weight excluding hydrogens is 372 g/mol. The lowest BCUT2D eigenvalue weighted by Gasteiger charge is -2.11. The van der Waals surface area contributed by atoms with E-state index in [-0.39, 0.29) is 11.3 Å². The molecule has 0 saturated heterocycles. The lowest BCUT2D eigenvalue weighted by atomic mass is 10.2. The molecule has 0 spiro atoms. The van der Waals surface area contributed by atoms with E-state index in [2.05, 4.69) is 9.97 Å². The van der Waals surface area contributed by atoms with Crippen molar-refractivity contribution >= 4 is 51.2 Å². The number of carbonyl (C=O) groups excluding carboxylic acids is 1. The topological polar surface area (TPSA) is 93.8 Å². The number of aromatic amines is 1. The van der Waals surface area contributed by atoms with Gasteiger partial charge in [0.05, 0.1) is 11.4 Å². The van der Waals surface area contributed by atoms with Gasteiger partial charge in [-0.1, -0.05) is 47.6 Å².